The van der Waals surface area contributed by atoms with Gasteiger partial charge in [0.15, 0.2) is 0 Å². The number of hydrogen-bond acceptors (Lipinski definition) is 2. The molecule has 0 radical (unpaired) electrons. The van der Waals surface area contributed by atoms with Gasteiger partial charge in [-0.05, 0) is 24.5 Å². The smallest absolute Gasteiger partial charge is 0.0579 e. The Bertz CT molecular complexity index is 246. The second kappa shape index (κ2) is 5.66. The van der Waals surface area contributed by atoms with Crippen LogP contribution in [0.5, 0.6) is 0 Å². The summed E-state index contributed by atoms with van der Waals surface area (Å²) in [6.45, 7) is 4.89. The minimum Gasteiger partial charge on any atom is -0.393 e. The third-order valence-electron chi connectivity index (χ3n) is 2.31. The van der Waals surface area contributed by atoms with Gasteiger partial charge in [0.05, 0.1) is 6.10 Å². The van der Waals surface area contributed by atoms with Gasteiger partial charge < -0.3 is 10.4 Å². The van der Waals surface area contributed by atoms with E-state index in [9.17, 15) is 5.11 Å². The summed E-state index contributed by atoms with van der Waals surface area (Å²) in [6.07, 6.45) is 0.596. The van der Waals surface area contributed by atoms with Crippen LogP contribution in [0.1, 0.15) is 20.3 Å². The predicted octanol–water partition coefficient (Wildman–Crippen LogP) is 2.51. The monoisotopic (exact) mass is 193 g/mol. The van der Waals surface area contributed by atoms with E-state index in [1.54, 1.807) is 0 Å². The van der Waals surface area contributed by atoms with Gasteiger partial charge in [-0.15, -0.1) is 0 Å². The predicted molar refractivity (Wildman–Crippen MR) is 60.4 cm³/mol. The molecule has 1 rings (SSSR count). The average molecular weight is 193 g/mol. The highest BCUT2D eigenvalue weighted by atomic mass is 16.3. The maximum absolute atomic E-state index is 9.56. The Morgan fingerprint density at radius 2 is 1.86 bits per heavy atom. The van der Waals surface area contributed by atoms with E-state index in [1.165, 1.54) is 0 Å². The van der Waals surface area contributed by atoms with Crippen molar-refractivity contribution in [2.24, 2.45) is 5.92 Å². The third kappa shape index (κ3) is 3.79. The summed E-state index contributed by atoms with van der Waals surface area (Å²) in [4.78, 5) is 0. The molecule has 0 fully saturated rings. The minimum atomic E-state index is -0.203. The van der Waals surface area contributed by atoms with Gasteiger partial charge in [-0.3, -0.25) is 0 Å². The van der Waals surface area contributed by atoms with Crippen LogP contribution in [-0.4, -0.2) is 17.8 Å². The molecule has 1 unspecified atom stereocenters. The molecule has 0 saturated heterocycles. The summed E-state index contributed by atoms with van der Waals surface area (Å²) >= 11 is 0. The van der Waals surface area contributed by atoms with Gasteiger partial charge >= 0.3 is 0 Å². The lowest BCUT2D eigenvalue weighted by Gasteiger charge is -2.14. The first-order chi connectivity index (χ1) is 6.70. The Hall–Kier alpha value is -1.02. The van der Waals surface area contributed by atoms with Crippen molar-refractivity contribution in [2.75, 3.05) is 11.9 Å². The van der Waals surface area contributed by atoms with E-state index in [0.29, 0.717) is 5.92 Å². The van der Waals surface area contributed by atoms with Crippen molar-refractivity contribution in [3.05, 3.63) is 30.3 Å². The Morgan fingerprint density at radius 3 is 2.43 bits per heavy atom. The minimum absolute atomic E-state index is 0.203. The van der Waals surface area contributed by atoms with Crippen LogP contribution in [0.15, 0.2) is 30.3 Å². The van der Waals surface area contributed by atoms with Crippen LogP contribution in [0.2, 0.25) is 0 Å². The summed E-state index contributed by atoms with van der Waals surface area (Å²) in [6, 6.07) is 10.1. The van der Waals surface area contributed by atoms with Crippen LogP contribution in [0.4, 0.5) is 5.69 Å². The van der Waals surface area contributed by atoms with E-state index in [1.807, 2.05) is 44.2 Å². The molecule has 0 heterocycles. The number of aliphatic hydroxyl groups is 1. The van der Waals surface area contributed by atoms with Gasteiger partial charge in [0.2, 0.25) is 0 Å². The number of benzene rings is 1. The highest BCUT2D eigenvalue weighted by Crippen LogP contribution is 2.08. The van der Waals surface area contributed by atoms with E-state index in [2.05, 4.69) is 5.32 Å². The third-order valence-corrected chi connectivity index (χ3v) is 2.31. The SMILES string of the molecule is CC(C)C(O)CCNc1ccccc1. The molecule has 1 aromatic carbocycles. The molecular weight excluding hydrogens is 174 g/mol. The Kier molecular flexibility index (Phi) is 4.47. The quantitative estimate of drug-likeness (QED) is 0.753. The molecule has 2 N–H and O–H groups in total. The first-order valence-corrected chi connectivity index (χ1v) is 5.17. The fraction of sp³-hybridized carbons (Fsp3) is 0.500. The first kappa shape index (κ1) is 11.1. The summed E-state index contributed by atoms with van der Waals surface area (Å²) < 4.78 is 0. The fourth-order valence-electron chi connectivity index (χ4n) is 1.25. The Labute approximate surface area is 86.0 Å². The molecule has 0 aromatic heterocycles. The molecule has 0 spiro atoms. The number of aliphatic hydroxyl groups excluding tert-OH is 1. The maximum atomic E-state index is 9.56. The molecule has 14 heavy (non-hydrogen) atoms. The Balaban J connectivity index is 2.22. The molecule has 78 valence electrons. The molecule has 0 aliphatic rings. The molecule has 0 bridgehead atoms. The highest BCUT2D eigenvalue weighted by Gasteiger charge is 2.07. The van der Waals surface area contributed by atoms with E-state index in [0.717, 1.165) is 18.7 Å². The number of nitrogens with one attached hydrogen (secondary N) is 1. The van der Waals surface area contributed by atoms with E-state index in [4.69, 9.17) is 0 Å². The van der Waals surface area contributed by atoms with Crippen LogP contribution in [0.3, 0.4) is 0 Å². The van der Waals surface area contributed by atoms with Crippen molar-refractivity contribution in [1.82, 2.24) is 0 Å². The molecular formula is C12H19NO. The first-order valence-electron chi connectivity index (χ1n) is 5.17. The lowest BCUT2D eigenvalue weighted by Crippen LogP contribution is -2.18. The molecule has 2 nitrogen and oxygen atoms in total. The summed E-state index contributed by atoms with van der Waals surface area (Å²) in [7, 11) is 0. The molecule has 1 atom stereocenters. The van der Waals surface area contributed by atoms with Gasteiger partial charge in [-0.25, -0.2) is 0 Å². The van der Waals surface area contributed by atoms with Crippen LogP contribution < -0.4 is 5.32 Å². The highest BCUT2D eigenvalue weighted by molar-refractivity contribution is 5.42. The number of anilines is 1. The van der Waals surface area contributed by atoms with Gasteiger partial charge in [-0.2, -0.15) is 0 Å². The maximum Gasteiger partial charge on any atom is 0.0579 e. The van der Waals surface area contributed by atoms with Gasteiger partial charge in [0.1, 0.15) is 0 Å². The second-order valence-corrected chi connectivity index (χ2v) is 3.89. The van der Waals surface area contributed by atoms with E-state index < -0.39 is 0 Å². The topological polar surface area (TPSA) is 32.3 Å². The van der Waals surface area contributed by atoms with Gasteiger partial charge in [0, 0.05) is 12.2 Å². The lowest BCUT2D eigenvalue weighted by molar-refractivity contribution is 0.120. The summed E-state index contributed by atoms with van der Waals surface area (Å²) in [5.41, 5.74) is 1.11. The van der Waals surface area contributed by atoms with Crippen molar-refractivity contribution in [1.29, 1.82) is 0 Å². The van der Waals surface area contributed by atoms with Gasteiger partial charge in [0.25, 0.3) is 0 Å². The molecule has 0 saturated carbocycles. The summed E-state index contributed by atoms with van der Waals surface area (Å²) in [5.74, 6) is 0.340. The number of para-hydroxylation sites is 1. The van der Waals surface area contributed by atoms with E-state index in [-0.39, 0.29) is 6.10 Å². The summed E-state index contributed by atoms with van der Waals surface area (Å²) in [5, 5.41) is 12.8. The van der Waals surface area contributed by atoms with Crippen molar-refractivity contribution in [3.63, 3.8) is 0 Å². The van der Waals surface area contributed by atoms with Crippen LogP contribution in [0.25, 0.3) is 0 Å². The van der Waals surface area contributed by atoms with Gasteiger partial charge in [-0.1, -0.05) is 32.0 Å². The number of hydrogen-bond donors (Lipinski definition) is 2. The van der Waals surface area contributed by atoms with Crippen molar-refractivity contribution in [3.8, 4) is 0 Å². The van der Waals surface area contributed by atoms with Crippen LogP contribution >= 0.6 is 0 Å². The zero-order chi connectivity index (χ0) is 10.4. The van der Waals surface area contributed by atoms with Crippen molar-refractivity contribution < 1.29 is 5.11 Å². The Morgan fingerprint density at radius 1 is 1.21 bits per heavy atom. The van der Waals surface area contributed by atoms with Crippen molar-refractivity contribution in [2.45, 2.75) is 26.4 Å². The largest absolute Gasteiger partial charge is 0.393 e. The molecule has 2 heteroatoms. The van der Waals surface area contributed by atoms with Crippen LogP contribution in [0, 0.1) is 5.92 Å². The average Bonchev–Trinajstić information content (AvgIpc) is 2.19. The zero-order valence-corrected chi connectivity index (χ0v) is 8.90. The zero-order valence-electron chi connectivity index (χ0n) is 8.90. The van der Waals surface area contributed by atoms with E-state index >= 15 is 0 Å². The standard InChI is InChI=1S/C12H19NO/c1-10(2)12(14)8-9-13-11-6-4-3-5-7-11/h3-7,10,12-14H,8-9H2,1-2H3. The number of rotatable bonds is 5. The molecule has 0 aliphatic heterocycles. The van der Waals surface area contributed by atoms with Crippen LogP contribution in [-0.2, 0) is 0 Å². The molecule has 0 amide bonds. The lowest BCUT2D eigenvalue weighted by atomic mass is 10.0. The normalized spacial score (nSPS) is 12.9. The van der Waals surface area contributed by atoms with Crippen molar-refractivity contribution >= 4 is 5.69 Å². The second-order valence-electron chi connectivity index (χ2n) is 3.89. The molecule has 1 aromatic rings. The molecule has 0 aliphatic carbocycles. The fourth-order valence-corrected chi connectivity index (χ4v) is 1.25.